The average molecular weight is 440 g/mol. The van der Waals surface area contributed by atoms with Gasteiger partial charge in [0.05, 0.1) is 15.1 Å². The molecule has 1 aromatic heterocycles. The van der Waals surface area contributed by atoms with Crippen molar-refractivity contribution in [1.82, 2.24) is 9.71 Å². The van der Waals surface area contributed by atoms with Crippen LogP contribution in [-0.2, 0) is 14.8 Å². The topological polar surface area (TPSA) is 88.2 Å². The van der Waals surface area contributed by atoms with E-state index in [-0.39, 0.29) is 23.8 Å². The van der Waals surface area contributed by atoms with Gasteiger partial charge >= 0.3 is 0 Å². The second-order valence-corrected chi connectivity index (χ2v) is 9.72. The summed E-state index contributed by atoms with van der Waals surface area (Å²) < 4.78 is 41.4. The molecule has 1 heterocycles. The maximum absolute atomic E-state index is 12.9. The second kappa shape index (κ2) is 8.99. The smallest absolute Gasteiger partial charge is 0.240 e. The number of carbonyl (C=O) groups excluding carboxylic acids is 1. The molecular formula is C18H18FN3O3S3. The van der Waals surface area contributed by atoms with E-state index in [1.807, 2.05) is 18.4 Å². The number of fused-ring (bicyclic) bond motifs is 1. The molecule has 6 nitrogen and oxygen atoms in total. The molecule has 148 valence electrons. The number of hydrogen-bond acceptors (Lipinski definition) is 6. The van der Waals surface area contributed by atoms with Gasteiger partial charge in [0, 0.05) is 18.7 Å². The molecule has 2 aromatic carbocycles. The van der Waals surface area contributed by atoms with E-state index in [1.54, 1.807) is 29.2 Å². The number of sulfonamides is 1. The first kappa shape index (κ1) is 20.7. The highest BCUT2D eigenvalue weighted by molar-refractivity contribution is 8.00. The fraction of sp³-hybridized carbons (Fsp3) is 0.222. The van der Waals surface area contributed by atoms with Crippen molar-refractivity contribution in [1.29, 1.82) is 0 Å². The third-order valence-electron chi connectivity index (χ3n) is 3.82. The van der Waals surface area contributed by atoms with Crippen molar-refractivity contribution < 1.29 is 17.6 Å². The van der Waals surface area contributed by atoms with Gasteiger partial charge in [0.1, 0.15) is 5.82 Å². The molecular weight excluding hydrogens is 421 g/mol. The average Bonchev–Trinajstić information content (AvgIpc) is 3.08. The standard InChI is InChI=1S/C18H18FN3O3S3/c1-26-18-22-15-9-6-13(11-16(15)27-18)21-17(23)3-2-10-20-28(24,25)14-7-4-12(19)5-8-14/h4-9,11,20H,2-3,10H2,1H3,(H,21,23). The number of hydrogen-bond donors (Lipinski definition) is 2. The summed E-state index contributed by atoms with van der Waals surface area (Å²) in [4.78, 5) is 16.5. The summed E-state index contributed by atoms with van der Waals surface area (Å²) in [6.07, 6.45) is 2.47. The summed E-state index contributed by atoms with van der Waals surface area (Å²) in [5.74, 6) is -0.702. The largest absolute Gasteiger partial charge is 0.326 e. The number of halogens is 1. The van der Waals surface area contributed by atoms with Crippen LogP contribution >= 0.6 is 23.1 Å². The van der Waals surface area contributed by atoms with Crippen LogP contribution < -0.4 is 10.0 Å². The van der Waals surface area contributed by atoms with Crippen LogP contribution in [0.5, 0.6) is 0 Å². The van der Waals surface area contributed by atoms with Gasteiger partial charge in [0.15, 0.2) is 4.34 Å². The Hall–Kier alpha value is -2.01. The van der Waals surface area contributed by atoms with E-state index in [4.69, 9.17) is 0 Å². The first-order valence-electron chi connectivity index (χ1n) is 8.37. The van der Waals surface area contributed by atoms with Crippen LogP contribution in [0.15, 0.2) is 51.7 Å². The number of thiazole rings is 1. The summed E-state index contributed by atoms with van der Waals surface area (Å²) in [6.45, 7) is 0.109. The maximum atomic E-state index is 12.9. The van der Waals surface area contributed by atoms with Gasteiger partial charge in [-0.15, -0.1) is 11.3 Å². The molecule has 2 N–H and O–H groups in total. The molecule has 28 heavy (non-hydrogen) atoms. The van der Waals surface area contributed by atoms with Crippen molar-refractivity contribution in [3.05, 3.63) is 48.3 Å². The van der Waals surface area contributed by atoms with Gasteiger partial charge in [-0.2, -0.15) is 0 Å². The highest BCUT2D eigenvalue weighted by Gasteiger charge is 2.13. The number of carbonyl (C=O) groups is 1. The van der Waals surface area contributed by atoms with E-state index in [0.29, 0.717) is 12.1 Å². The van der Waals surface area contributed by atoms with E-state index < -0.39 is 15.8 Å². The molecule has 0 aliphatic rings. The molecule has 0 aliphatic carbocycles. The van der Waals surface area contributed by atoms with Gasteiger partial charge in [-0.05, 0) is 55.1 Å². The fourth-order valence-electron chi connectivity index (χ4n) is 2.44. The maximum Gasteiger partial charge on any atom is 0.240 e. The zero-order valence-electron chi connectivity index (χ0n) is 14.9. The van der Waals surface area contributed by atoms with Crippen molar-refractivity contribution in [2.45, 2.75) is 22.1 Å². The number of aromatic nitrogens is 1. The lowest BCUT2D eigenvalue weighted by Crippen LogP contribution is -2.25. The van der Waals surface area contributed by atoms with Crippen LogP contribution in [0.4, 0.5) is 10.1 Å². The van der Waals surface area contributed by atoms with Gasteiger partial charge < -0.3 is 5.32 Å². The monoisotopic (exact) mass is 439 g/mol. The Balaban J connectivity index is 1.48. The molecule has 0 unspecified atom stereocenters. The van der Waals surface area contributed by atoms with Crippen molar-refractivity contribution in [2.75, 3.05) is 18.1 Å². The quantitative estimate of drug-likeness (QED) is 0.411. The van der Waals surface area contributed by atoms with Crippen LogP contribution in [0.2, 0.25) is 0 Å². The lowest BCUT2D eigenvalue weighted by molar-refractivity contribution is -0.116. The van der Waals surface area contributed by atoms with E-state index in [9.17, 15) is 17.6 Å². The van der Waals surface area contributed by atoms with Crippen LogP contribution in [0, 0.1) is 5.82 Å². The molecule has 0 saturated carbocycles. The van der Waals surface area contributed by atoms with Gasteiger partial charge in [-0.25, -0.2) is 22.5 Å². The van der Waals surface area contributed by atoms with Crippen LogP contribution in [0.3, 0.4) is 0 Å². The minimum atomic E-state index is -3.71. The molecule has 0 saturated heterocycles. The van der Waals surface area contributed by atoms with Gasteiger partial charge in [0.2, 0.25) is 15.9 Å². The van der Waals surface area contributed by atoms with Gasteiger partial charge in [-0.3, -0.25) is 4.79 Å². The van der Waals surface area contributed by atoms with Crippen LogP contribution in [-0.4, -0.2) is 32.1 Å². The molecule has 0 radical (unpaired) electrons. The van der Waals surface area contributed by atoms with Crippen molar-refractivity contribution in [2.24, 2.45) is 0 Å². The van der Waals surface area contributed by atoms with E-state index in [2.05, 4.69) is 15.0 Å². The van der Waals surface area contributed by atoms with Gasteiger partial charge in [-0.1, -0.05) is 11.8 Å². The summed E-state index contributed by atoms with van der Waals surface area (Å²) in [5, 5.41) is 2.81. The predicted molar refractivity (Wildman–Crippen MR) is 111 cm³/mol. The lowest BCUT2D eigenvalue weighted by atomic mass is 10.2. The minimum absolute atomic E-state index is 0.0131. The molecule has 0 atom stereocenters. The number of amides is 1. The third-order valence-corrected chi connectivity index (χ3v) is 7.30. The first-order chi connectivity index (χ1) is 13.4. The first-order valence-corrected chi connectivity index (χ1v) is 11.9. The summed E-state index contributed by atoms with van der Waals surface area (Å²) in [6, 6.07) is 10.1. The Labute approximate surface area is 170 Å². The molecule has 0 spiro atoms. The van der Waals surface area contributed by atoms with Crippen molar-refractivity contribution in [3.8, 4) is 0 Å². The van der Waals surface area contributed by atoms with Crippen LogP contribution in [0.1, 0.15) is 12.8 Å². The minimum Gasteiger partial charge on any atom is -0.326 e. The molecule has 1 amide bonds. The predicted octanol–water partition coefficient (Wildman–Crippen LogP) is 3.85. The lowest BCUT2D eigenvalue weighted by Gasteiger charge is -2.07. The zero-order valence-corrected chi connectivity index (χ0v) is 17.4. The van der Waals surface area contributed by atoms with E-state index in [0.717, 1.165) is 26.7 Å². The Kier molecular flexibility index (Phi) is 6.65. The molecule has 10 heteroatoms. The van der Waals surface area contributed by atoms with Gasteiger partial charge in [0.25, 0.3) is 0 Å². The van der Waals surface area contributed by atoms with E-state index in [1.165, 1.54) is 12.1 Å². The summed E-state index contributed by atoms with van der Waals surface area (Å²) in [5.41, 5.74) is 1.57. The number of nitrogens with zero attached hydrogens (tertiary/aromatic N) is 1. The molecule has 0 bridgehead atoms. The molecule has 0 aliphatic heterocycles. The Morgan fingerprint density at radius 1 is 1.21 bits per heavy atom. The number of benzene rings is 2. The second-order valence-electron chi connectivity index (χ2n) is 5.87. The van der Waals surface area contributed by atoms with Crippen molar-refractivity contribution >= 4 is 54.9 Å². The third kappa shape index (κ3) is 5.28. The Bertz CT molecular complexity index is 1080. The number of nitrogens with one attached hydrogen (secondary N) is 2. The highest BCUT2D eigenvalue weighted by atomic mass is 32.2. The number of anilines is 1. The van der Waals surface area contributed by atoms with E-state index >= 15 is 0 Å². The zero-order chi connectivity index (χ0) is 20.1. The number of rotatable bonds is 8. The highest BCUT2D eigenvalue weighted by Crippen LogP contribution is 2.30. The van der Waals surface area contributed by atoms with Crippen LogP contribution in [0.25, 0.3) is 10.2 Å². The summed E-state index contributed by atoms with van der Waals surface area (Å²) in [7, 11) is -3.71. The Morgan fingerprint density at radius 2 is 1.96 bits per heavy atom. The normalized spacial score (nSPS) is 11.6. The molecule has 0 fully saturated rings. The summed E-state index contributed by atoms with van der Waals surface area (Å²) >= 11 is 3.14. The number of thioether (sulfide) groups is 1. The SMILES string of the molecule is CSc1nc2ccc(NC(=O)CCCNS(=O)(=O)c3ccc(F)cc3)cc2s1. The molecule has 3 rings (SSSR count). The fourth-order valence-corrected chi connectivity index (χ4v) is 5.05. The molecule has 3 aromatic rings. The Morgan fingerprint density at radius 3 is 2.68 bits per heavy atom. The van der Waals surface area contributed by atoms with Crippen molar-refractivity contribution in [3.63, 3.8) is 0 Å².